The molecule has 6 rings (SSSR count). The zero-order chi connectivity index (χ0) is 31.0. The molecule has 44 heavy (non-hydrogen) atoms. The summed E-state index contributed by atoms with van der Waals surface area (Å²) in [5.74, 6) is -0.574. The SMILES string of the molecule is O=C(Cc1cc(Cl)cc(Cl)c1O)N1CCN(C(=O)c2cccc(-c3cn(S(=O)(=O)c4ccccc4)c4ncccc34)c2)CC1. The molecule has 0 bridgehead atoms. The van der Waals surface area contributed by atoms with Crippen molar-refractivity contribution in [2.24, 2.45) is 0 Å². The third-order valence-electron chi connectivity index (χ3n) is 7.62. The van der Waals surface area contributed by atoms with E-state index in [9.17, 15) is 23.1 Å². The number of carbonyl (C=O) groups is 2. The summed E-state index contributed by atoms with van der Waals surface area (Å²) in [4.78, 5) is 34.3. The van der Waals surface area contributed by atoms with Gasteiger partial charge in [-0.25, -0.2) is 17.4 Å². The maximum absolute atomic E-state index is 13.5. The lowest BCUT2D eigenvalue weighted by Crippen LogP contribution is -2.51. The van der Waals surface area contributed by atoms with E-state index in [2.05, 4.69) is 4.98 Å². The zero-order valence-electron chi connectivity index (χ0n) is 23.2. The summed E-state index contributed by atoms with van der Waals surface area (Å²) < 4.78 is 28.2. The lowest BCUT2D eigenvalue weighted by atomic mass is 10.0. The molecule has 9 nitrogen and oxygen atoms in total. The first-order chi connectivity index (χ1) is 21.1. The van der Waals surface area contributed by atoms with Crippen LogP contribution in [0.4, 0.5) is 0 Å². The number of phenols is 1. The van der Waals surface area contributed by atoms with Crippen LogP contribution in [-0.4, -0.2) is 70.3 Å². The third kappa shape index (κ3) is 5.63. The van der Waals surface area contributed by atoms with E-state index in [1.807, 2.05) is 6.07 Å². The predicted molar refractivity (Wildman–Crippen MR) is 169 cm³/mol. The summed E-state index contributed by atoms with van der Waals surface area (Å²) in [5, 5.41) is 11.3. The highest BCUT2D eigenvalue weighted by molar-refractivity contribution is 7.90. The van der Waals surface area contributed by atoms with Gasteiger partial charge < -0.3 is 14.9 Å². The van der Waals surface area contributed by atoms with Crippen molar-refractivity contribution < 1.29 is 23.1 Å². The van der Waals surface area contributed by atoms with Gasteiger partial charge in [0.05, 0.1) is 16.3 Å². The van der Waals surface area contributed by atoms with Crippen LogP contribution in [0, 0.1) is 0 Å². The number of hydrogen-bond donors (Lipinski definition) is 1. The van der Waals surface area contributed by atoms with Crippen molar-refractivity contribution in [2.75, 3.05) is 26.2 Å². The number of hydrogen-bond acceptors (Lipinski definition) is 6. The minimum Gasteiger partial charge on any atom is -0.506 e. The molecule has 2 aromatic heterocycles. The van der Waals surface area contributed by atoms with Crippen molar-refractivity contribution in [3.05, 3.63) is 112 Å². The average molecular weight is 650 g/mol. The highest BCUT2D eigenvalue weighted by atomic mass is 35.5. The number of aromatic hydroxyl groups is 1. The maximum Gasteiger partial charge on any atom is 0.269 e. The fourth-order valence-electron chi connectivity index (χ4n) is 5.34. The predicted octanol–water partition coefficient (Wildman–Crippen LogP) is 5.48. The number of benzene rings is 3. The Morgan fingerprint density at radius 3 is 2.34 bits per heavy atom. The number of halogens is 2. The smallest absolute Gasteiger partial charge is 0.269 e. The fourth-order valence-corrected chi connectivity index (χ4v) is 7.22. The molecule has 12 heteroatoms. The summed E-state index contributed by atoms with van der Waals surface area (Å²) in [6, 6.07) is 21.7. The van der Waals surface area contributed by atoms with Crippen LogP contribution in [0.3, 0.4) is 0 Å². The van der Waals surface area contributed by atoms with Crippen molar-refractivity contribution >= 4 is 56.1 Å². The number of piperazine rings is 1. The van der Waals surface area contributed by atoms with Crippen molar-refractivity contribution in [3.8, 4) is 16.9 Å². The molecule has 0 saturated carbocycles. The van der Waals surface area contributed by atoms with Gasteiger partial charge in [-0.1, -0.05) is 53.5 Å². The molecule has 1 saturated heterocycles. The molecule has 1 aliphatic rings. The number of pyridine rings is 1. The van der Waals surface area contributed by atoms with E-state index in [4.69, 9.17) is 23.2 Å². The molecular formula is C32H26Cl2N4O5S. The number of amides is 2. The van der Waals surface area contributed by atoms with E-state index in [1.165, 1.54) is 28.2 Å². The van der Waals surface area contributed by atoms with Crippen LogP contribution in [0.5, 0.6) is 5.75 Å². The van der Waals surface area contributed by atoms with Gasteiger partial charge in [-0.2, -0.15) is 0 Å². The molecular weight excluding hydrogens is 623 g/mol. The van der Waals surface area contributed by atoms with Crippen molar-refractivity contribution in [2.45, 2.75) is 11.3 Å². The molecule has 3 aromatic carbocycles. The van der Waals surface area contributed by atoms with Crippen LogP contribution in [0.15, 0.2) is 96.2 Å². The zero-order valence-corrected chi connectivity index (χ0v) is 25.6. The number of carbonyl (C=O) groups excluding carboxylic acids is 2. The van der Waals surface area contributed by atoms with E-state index in [1.54, 1.807) is 70.7 Å². The van der Waals surface area contributed by atoms with E-state index in [-0.39, 0.29) is 39.5 Å². The molecule has 0 radical (unpaired) electrons. The maximum atomic E-state index is 13.5. The second-order valence-corrected chi connectivity index (χ2v) is 13.0. The van der Waals surface area contributed by atoms with Crippen LogP contribution in [-0.2, 0) is 21.2 Å². The molecule has 1 N–H and O–H groups in total. The number of phenolic OH excluding ortho intramolecular Hbond substituents is 1. The van der Waals surface area contributed by atoms with Crippen molar-refractivity contribution in [1.82, 2.24) is 18.8 Å². The van der Waals surface area contributed by atoms with Gasteiger partial charge in [0.2, 0.25) is 5.91 Å². The summed E-state index contributed by atoms with van der Waals surface area (Å²) in [7, 11) is -3.92. The van der Waals surface area contributed by atoms with Crippen LogP contribution >= 0.6 is 23.2 Å². The summed E-state index contributed by atoms with van der Waals surface area (Å²) in [6.45, 7) is 1.32. The Labute approximate surface area is 263 Å². The average Bonchev–Trinajstić information content (AvgIpc) is 3.44. The Morgan fingerprint density at radius 1 is 0.864 bits per heavy atom. The van der Waals surface area contributed by atoms with Gasteiger partial charge in [-0.3, -0.25) is 9.59 Å². The highest BCUT2D eigenvalue weighted by Gasteiger charge is 2.27. The van der Waals surface area contributed by atoms with E-state index in [0.29, 0.717) is 58.8 Å². The minimum atomic E-state index is -3.92. The number of rotatable bonds is 6. The second kappa shape index (κ2) is 12.0. The van der Waals surface area contributed by atoms with E-state index in [0.717, 1.165) is 0 Å². The van der Waals surface area contributed by atoms with Gasteiger partial charge in [0.1, 0.15) is 5.75 Å². The van der Waals surface area contributed by atoms with Gasteiger partial charge in [0.25, 0.3) is 15.9 Å². The monoisotopic (exact) mass is 648 g/mol. The Bertz CT molecular complexity index is 2010. The van der Waals surface area contributed by atoms with Gasteiger partial charge in [-0.15, -0.1) is 0 Å². The number of aromatic nitrogens is 2. The number of nitrogens with zero attached hydrogens (tertiary/aromatic N) is 4. The molecule has 3 heterocycles. The van der Waals surface area contributed by atoms with E-state index < -0.39 is 10.0 Å². The minimum absolute atomic E-state index is 0.0649. The topological polar surface area (TPSA) is 113 Å². The fraction of sp³-hybridized carbons (Fsp3) is 0.156. The molecule has 1 fully saturated rings. The van der Waals surface area contributed by atoms with Crippen LogP contribution in [0.1, 0.15) is 15.9 Å². The van der Waals surface area contributed by atoms with Gasteiger partial charge in [0, 0.05) is 65.7 Å². The van der Waals surface area contributed by atoms with Crippen LogP contribution < -0.4 is 0 Å². The first-order valence-corrected chi connectivity index (χ1v) is 15.9. The second-order valence-electron chi connectivity index (χ2n) is 10.4. The van der Waals surface area contributed by atoms with Crippen molar-refractivity contribution in [1.29, 1.82) is 0 Å². The summed E-state index contributed by atoms with van der Waals surface area (Å²) >= 11 is 12.0. The Hall–Kier alpha value is -4.38. The lowest BCUT2D eigenvalue weighted by Gasteiger charge is -2.35. The molecule has 0 unspecified atom stereocenters. The lowest BCUT2D eigenvalue weighted by molar-refractivity contribution is -0.131. The number of fused-ring (bicyclic) bond motifs is 1. The molecule has 0 spiro atoms. The van der Waals surface area contributed by atoms with Gasteiger partial charge in [0.15, 0.2) is 5.65 Å². The Kier molecular flexibility index (Phi) is 8.06. The van der Waals surface area contributed by atoms with Crippen LogP contribution in [0.2, 0.25) is 10.0 Å². The van der Waals surface area contributed by atoms with Gasteiger partial charge >= 0.3 is 0 Å². The summed E-state index contributed by atoms with van der Waals surface area (Å²) in [5.41, 5.74) is 2.37. The third-order valence-corrected chi connectivity index (χ3v) is 9.79. The molecule has 0 atom stereocenters. The molecule has 0 aliphatic carbocycles. The first-order valence-electron chi connectivity index (χ1n) is 13.7. The molecule has 1 aliphatic heterocycles. The molecule has 224 valence electrons. The summed E-state index contributed by atoms with van der Waals surface area (Å²) in [6.07, 6.45) is 3.02. The Morgan fingerprint density at radius 2 is 1.59 bits per heavy atom. The Balaban J connectivity index is 1.21. The largest absolute Gasteiger partial charge is 0.506 e. The molecule has 2 amide bonds. The van der Waals surface area contributed by atoms with Crippen LogP contribution in [0.25, 0.3) is 22.2 Å². The first kappa shape index (κ1) is 29.7. The molecule has 5 aromatic rings. The standard InChI is InChI=1S/C32H26Cl2N4O5S/c33-24-17-23(30(40)28(34)19-24)18-29(39)36-12-14-37(15-13-36)32(41)22-7-4-6-21(16-22)27-20-38(31-26(27)10-5-11-35-31)44(42,43)25-8-2-1-3-9-25/h1-11,16-17,19-20,40H,12-15,18H2. The van der Waals surface area contributed by atoms with Crippen molar-refractivity contribution in [3.63, 3.8) is 0 Å². The van der Waals surface area contributed by atoms with E-state index >= 15 is 0 Å². The quantitative estimate of drug-likeness (QED) is 0.261. The van der Waals surface area contributed by atoms with Gasteiger partial charge in [-0.05, 0) is 54.1 Å². The normalized spacial score (nSPS) is 13.8. The highest BCUT2D eigenvalue weighted by Crippen LogP contribution is 2.33.